The lowest BCUT2D eigenvalue weighted by Crippen LogP contribution is -2.11. The molecule has 7 nitrogen and oxygen atoms in total. The third-order valence-corrected chi connectivity index (χ3v) is 2.19. The third-order valence-electron chi connectivity index (χ3n) is 2.19. The van der Waals surface area contributed by atoms with Gasteiger partial charge in [0, 0.05) is 6.54 Å². The van der Waals surface area contributed by atoms with Crippen LogP contribution in [0.25, 0.3) is 0 Å². The first-order valence-corrected chi connectivity index (χ1v) is 5.01. The highest BCUT2D eigenvalue weighted by atomic mass is 16.6. The van der Waals surface area contributed by atoms with E-state index in [1.165, 1.54) is 4.68 Å². The molecule has 0 radical (unpaired) electrons. The Hall–Kier alpha value is -1.92. The summed E-state index contributed by atoms with van der Waals surface area (Å²) in [5.41, 5.74) is -0.801. The van der Waals surface area contributed by atoms with E-state index >= 15 is 0 Å². The monoisotopic (exact) mass is 227 g/mol. The number of carbonyl (C=O) groups is 1. The van der Waals surface area contributed by atoms with Crippen molar-refractivity contribution in [2.24, 2.45) is 0 Å². The van der Waals surface area contributed by atoms with Crippen molar-refractivity contribution in [3.8, 4) is 0 Å². The Kier molecular flexibility index (Phi) is 3.98. The van der Waals surface area contributed by atoms with Gasteiger partial charge in [-0.25, -0.2) is 4.79 Å². The number of aryl methyl sites for hydroxylation is 1. The molecule has 1 rings (SSSR count). The van der Waals surface area contributed by atoms with Gasteiger partial charge >= 0.3 is 11.7 Å². The molecule has 0 fully saturated rings. The zero-order valence-corrected chi connectivity index (χ0v) is 8.92. The second-order valence-corrected chi connectivity index (χ2v) is 3.37. The van der Waals surface area contributed by atoms with Crippen molar-refractivity contribution in [3.63, 3.8) is 0 Å². The van der Waals surface area contributed by atoms with Crippen LogP contribution in [-0.2, 0) is 6.54 Å². The second kappa shape index (κ2) is 5.24. The fourth-order valence-electron chi connectivity index (χ4n) is 1.41. The smallest absolute Gasteiger partial charge is 0.361 e. The SMILES string of the molecule is CCCCCn1ncc([N+](=O)[O-])c1C(=O)O. The average molecular weight is 227 g/mol. The number of hydrogen-bond acceptors (Lipinski definition) is 4. The molecule has 0 saturated carbocycles. The van der Waals surface area contributed by atoms with E-state index in [-0.39, 0.29) is 5.69 Å². The molecular weight excluding hydrogens is 214 g/mol. The molecule has 0 unspecified atom stereocenters. The quantitative estimate of drug-likeness (QED) is 0.453. The third kappa shape index (κ3) is 2.56. The van der Waals surface area contributed by atoms with E-state index in [2.05, 4.69) is 5.10 Å². The van der Waals surface area contributed by atoms with Crippen LogP contribution in [0, 0.1) is 10.1 Å². The van der Waals surface area contributed by atoms with Gasteiger partial charge in [0.25, 0.3) is 0 Å². The molecule has 1 heterocycles. The topological polar surface area (TPSA) is 98.3 Å². The molecule has 0 bridgehead atoms. The van der Waals surface area contributed by atoms with E-state index in [4.69, 9.17) is 5.11 Å². The van der Waals surface area contributed by atoms with Gasteiger partial charge in [0.1, 0.15) is 6.20 Å². The van der Waals surface area contributed by atoms with E-state index in [1.54, 1.807) is 0 Å². The highest BCUT2D eigenvalue weighted by Crippen LogP contribution is 2.18. The molecule has 0 saturated heterocycles. The van der Waals surface area contributed by atoms with Crippen molar-refractivity contribution in [3.05, 3.63) is 22.0 Å². The van der Waals surface area contributed by atoms with Gasteiger partial charge < -0.3 is 5.11 Å². The Morgan fingerprint density at radius 3 is 2.81 bits per heavy atom. The lowest BCUT2D eigenvalue weighted by atomic mass is 10.2. The molecule has 0 spiro atoms. The number of aromatic nitrogens is 2. The molecule has 0 aromatic carbocycles. The summed E-state index contributed by atoms with van der Waals surface area (Å²) in [5.74, 6) is -1.32. The van der Waals surface area contributed by atoms with Crippen molar-refractivity contribution in [2.45, 2.75) is 32.7 Å². The largest absolute Gasteiger partial charge is 0.476 e. The maximum atomic E-state index is 10.9. The average Bonchev–Trinajstić information content (AvgIpc) is 2.62. The van der Waals surface area contributed by atoms with E-state index in [1.807, 2.05) is 6.92 Å². The van der Waals surface area contributed by atoms with E-state index in [0.29, 0.717) is 6.54 Å². The van der Waals surface area contributed by atoms with Crippen molar-refractivity contribution < 1.29 is 14.8 Å². The summed E-state index contributed by atoms with van der Waals surface area (Å²) >= 11 is 0. The summed E-state index contributed by atoms with van der Waals surface area (Å²) in [5, 5.41) is 23.2. The fraction of sp³-hybridized carbons (Fsp3) is 0.556. The van der Waals surface area contributed by atoms with Crippen LogP contribution in [0.1, 0.15) is 36.7 Å². The minimum absolute atomic E-state index is 0.346. The summed E-state index contributed by atoms with van der Waals surface area (Å²) in [6.45, 7) is 2.41. The molecular formula is C9H13N3O4. The predicted molar refractivity (Wildman–Crippen MR) is 55.4 cm³/mol. The van der Waals surface area contributed by atoms with Crippen LogP contribution in [-0.4, -0.2) is 25.8 Å². The Balaban J connectivity index is 2.92. The summed E-state index contributed by atoms with van der Waals surface area (Å²) < 4.78 is 1.18. The zero-order chi connectivity index (χ0) is 12.1. The van der Waals surface area contributed by atoms with Crippen molar-refractivity contribution in [1.82, 2.24) is 9.78 Å². The Morgan fingerprint density at radius 1 is 1.62 bits per heavy atom. The number of rotatable bonds is 6. The Morgan fingerprint density at radius 2 is 2.31 bits per heavy atom. The minimum atomic E-state index is -1.32. The lowest BCUT2D eigenvalue weighted by molar-refractivity contribution is -0.385. The van der Waals surface area contributed by atoms with Gasteiger partial charge in [-0.2, -0.15) is 5.10 Å². The first-order chi connectivity index (χ1) is 7.57. The molecule has 0 aliphatic heterocycles. The summed E-state index contributed by atoms with van der Waals surface area (Å²) in [4.78, 5) is 20.7. The van der Waals surface area contributed by atoms with Crippen LogP contribution in [0.4, 0.5) is 5.69 Å². The van der Waals surface area contributed by atoms with Crippen LogP contribution in [0.3, 0.4) is 0 Å². The number of unbranched alkanes of at least 4 members (excludes halogenated alkanes) is 2. The standard InChI is InChI=1S/C9H13N3O4/c1-2-3-4-5-11-8(9(13)14)7(6-10-11)12(15)16/h6H,2-5H2,1H3,(H,13,14). The summed E-state index contributed by atoms with van der Waals surface area (Å²) in [6, 6.07) is 0. The van der Waals surface area contributed by atoms with Crippen molar-refractivity contribution in [2.75, 3.05) is 0 Å². The first-order valence-electron chi connectivity index (χ1n) is 5.01. The molecule has 88 valence electrons. The zero-order valence-electron chi connectivity index (χ0n) is 8.92. The van der Waals surface area contributed by atoms with Crippen molar-refractivity contribution in [1.29, 1.82) is 0 Å². The van der Waals surface area contributed by atoms with Crippen LogP contribution in [0.2, 0.25) is 0 Å². The summed E-state index contributed by atoms with van der Waals surface area (Å²) in [7, 11) is 0. The van der Waals surface area contributed by atoms with Crippen LogP contribution < -0.4 is 0 Å². The Labute approximate surface area is 91.8 Å². The van der Waals surface area contributed by atoms with E-state index in [0.717, 1.165) is 25.5 Å². The first kappa shape index (κ1) is 12.2. The molecule has 0 amide bonds. The van der Waals surface area contributed by atoms with Gasteiger partial charge in [0.2, 0.25) is 5.69 Å². The highest BCUT2D eigenvalue weighted by molar-refractivity contribution is 5.90. The second-order valence-electron chi connectivity index (χ2n) is 3.37. The molecule has 1 aromatic rings. The van der Waals surface area contributed by atoms with Gasteiger partial charge in [-0.05, 0) is 6.42 Å². The highest BCUT2D eigenvalue weighted by Gasteiger charge is 2.25. The van der Waals surface area contributed by atoms with Crippen LogP contribution >= 0.6 is 0 Å². The number of nitro groups is 1. The normalized spacial score (nSPS) is 10.3. The lowest BCUT2D eigenvalue weighted by Gasteiger charge is -2.02. The number of nitrogens with zero attached hydrogens (tertiary/aromatic N) is 3. The van der Waals surface area contributed by atoms with Gasteiger partial charge in [0.15, 0.2) is 0 Å². The van der Waals surface area contributed by atoms with E-state index < -0.39 is 16.6 Å². The fourth-order valence-corrected chi connectivity index (χ4v) is 1.41. The predicted octanol–water partition coefficient (Wildman–Crippen LogP) is 1.68. The van der Waals surface area contributed by atoms with Crippen LogP contribution in [0.5, 0.6) is 0 Å². The summed E-state index contributed by atoms with van der Waals surface area (Å²) in [6.07, 6.45) is 3.67. The van der Waals surface area contributed by atoms with Gasteiger partial charge in [-0.1, -0.05) is 19.8 Å². The maximum absolute atomic E-state index is 10.9. The molecule has 7 heteroatoms. The molecule has 16 heavy (non-hydrogen) atoms. The van der Waals surface area contributed by atoms with Crippen molar-refractivity contribution >= 4 is 11.7 Å². The van der Waals surface area contributed by atoms with Gasteiger partial charge in [-0.3, -0.25) is 14.8 Å². The maximum Gasteiger partial charge on any atom is 0.361 e. The van der Waals surface area contributed by atoms with Gasteiger partial charge in [0.05, 0.1) is 4.92 Å². The van der Waals surface area contributed by atoms with Crippen LogP contribution in [0.15, 0.2) is 6.20 Å². The number of aromatic carboxylic acids is 1. The molecule has 0 aliphatic rings. The number of carboxylic acid groups (broad SMARTS) is 1. The van der Waals surface area contributed by atoms with Gasteiger partial charge in [-0.15, -0.1) is 0 Å². The number of carboxylic acids is 1. The molecule has 0 atom stereocenters. The molecule has 0 aliphatic carbocycles. The number of hydrogen-bond donors (Lipinski definition) is 1. The van der Waals surface area contributed by atoms with E-state index in [9.17, 15) is 14.9 Å². The Bertz CT molecular complexity index is 399. The molecule has 1 N–H and O–H groups in total. The molecule has 1 aromatic heterocycles. The minimum Gasteiger partial charge on any atom is -0.476 e.